The van der Waals surface area contributed by atoms with Crippen LogP contribution in [-0.4, -0.2) is 42.1 Å². The number of ketones is 1. The van der Waals surface area contributed by atoms with E-state index in [1.807, 2.05) is 36.4 Å². The van der Waals surface area contributed by atoms with Crippen LogP contribution in [0.1, 0.15) is 59.0 Å². The summed E-state index contributed by atoms with van der Waals surface area (Å²) in [5.74, 6) is -3.30. The molecule has 0 aliphatic carbocycles. The Hall–Kier alpha value is -3.88. The molecule has 9 heteroatoms. The normalized spacial score (nSPS) is 13.8. The first-order valence-electron chi connectivity index (χ1n) is 13.2. The molecule has 0 fully saturated rings. The highest BCUT2D eigenvalue weighted by Crippen LogP contribution is 2.16. The third-order valence-corrected chi connectivity index (χ3v) is 5.48. The van der Waals surface area contributed by atoms with Gasteiger partial charge >= 0.3 is 12.2 Å². The fourth-order valence-corrected chi connectivity index (χ4v) is 3.61. The first kappa shape index (κ1) is 28.7. The van der Waals surface area contributed by atoms with Gasteiger partial charge in [-0.05, 0) is 57.6 Å². The van der Waals surface area contributed by atoms with Gasteiger partial charge in [-0.2, -0.15) is 0 Å². The van der Waals surface area contributed by atoms with Crippen LogP contribution in [0.5, 0.6) is 0 Å². The number of hydrogen-bond donors (Lipinski definition) is 3. The summed E-state index contributed by atoms with van der Waals surface area (Å²) in [4.78, 5) is 49.9. The Labute approximate surface area is 225 Å². The number of alkyl carbamates (subject to hydrolysis) is 2. The molecule has 0 aliphatic heterocycles. The Bertz CT molecular complexity index is 1090. The molecule has 2 aromatic carbocycles. The lowest BCUT2D eigenvalue weighted by molar-refractivity contribution is -0.128. The van der Waals surface area contributed by atoms with Crippen LogP contribution in [0.3, 0.4) is 0 Å². The van der Waals surface area contributed by atoms with Crippen LogP contribution < -0.4 is 16.4 Å². The lowest BCUT2D eigenvalue weighted by atomic mass is 9.90. The predicted molar refractivity (Wildman–Crippen MR) is 144 cm³/mol. The monoisotopic (exact) mass is 526 g/mol. The molecule has 0 bridgehead atoms. The second-order valence-corrected chi connectivity index (χ2v) is 9.96. The highest BCUT2D eigenvalue weighted by atomic mass is 16.6. The molecule has 9 nitrogen and oxygen atoms in total. The summed E-state index contributed by atoms with van der Waals surface area (Å²) in [6.07, 6.45) is -0.651. The van der Waals surface area contributed by atoms with Crippen LogP contribution in [0.2, 0.25) is 0 Å². The number of amides is 3. The first-order valence-corrected chi connectivity index (χ1v) is 12.7. The summed E-state index contributed by atoms with van der Waals surface area (Å²) < 4.78 is 19.1. The quantitative estimate of drug-likeness (QED) is 0.314. The molecule has 0 aliphatic rings. The Morgan fingerprint density at radius 1 is 0.921 bits per heavy atom. The van der Waals surface area contributed by atoms with E-state index < -0.39 is 47.8 Å². The maximum absolute atomic E-state index is 13.3. The maximum atomic E-state index is 13.3. The smallest absolute Gasteiger partial charge is 0.408 e. The molecule has 0 spiro atoms. The summed E-state index contributed by atoms with van der Waals surface area (Å²) in [5.41, 5.74) is 6.33. The number of ether oxygens (including phenoxy) is 2. The second kappa shape index (κ2) is 15.4. The number of nitrogens with two attached hydrogens (primary N) is 1. The second-order valence-electron chi connectivity index (χ2n) is 9.96. The number of unbranched alkanes of at least 4 members (excludes halogenated alkanes) is 1. The molecule has 2 aromatic rings. The van der Waals surface area contributed by atoms with Crippen molar-refractivity contribution < 1.29 is 30.0 Å². The van der Waals surface area contributed by atoms with Crippen LogP contribution in [0.15, 0.2) is 60.7 Å². The van der Waals surface area contributed by atoms with E-state index in [4.69, 9.17) is 16.6 Å². The van der Waals surface area contributed by atoms with Crippen molar-refractivity contribution in [1.29, 1.82) is 0 Å². The van der Waals surface area contributed by atoms with E-state index in [1.165, 1.54) is 0 Å². The fourth-order valence-electron chi connectivity index (χ4n) is 3.61. The van der Waals surface area contributed by atoms with E-state index in [2.05, 4.69) is 10.6 Å². The molecular formula is C29H39N3O6. The summed E-state index contributed by atoms with van der Waals surface area (Å²) in [7, 11) is 0. The zero-order valence-corrected chi connectivity index (χ0v) is 22.3. The third kappa shape index (κ3) is 12.4. The number of carbonyl (C=O) groups is 4. The van der Waals surface area contributed by atoms with Crippen LogP contribution >= 0.6 is 0 Å². The standard InChI is InChI=1S/C29H39N3O6/c1-29(2,3)38-28(36)32-24(25(33)19-23(26(30)34)18-21-12-6-4-7-13-21)16-10-11-17-31-27(35)37-20-22-14-8-5-9-15-22/h4-9,12-15,23-24H,10-11,16-20H2,1-3H3,(H2,30,34)(H,31,35)(H,32,36)/t23-,24+/m1/s1/i23D. The van der Waals surface area contributed by atoms with Gasteiger partial charge in [-0.25, -0.2) is 9.59 Å². The Kier molecular flexibility index (Phi) is 11.6. The number of primary amides is 1. The topological polar surface area (TPSA) is 137 Å². The maximum Gasteiger partial charge on any atom is 0.408 e. The molecule has 2 atom stereocenters. The van der Waals surface area contributed by atoms with Crippen LogP contribution in [-0.2, 0) is 32.1 Å². The molecule has 4 N–H and O–H groups in total. The third-order valence-electron chi connectivity index (χ3n) is 5.48. The molecule has 0 heterocycles. The highest BCUT2D eigenvalue weighted by molar-refractivity contribution is 5.91. The zero-order valence-electron chi connectivity index (χ0n) is 23.3. The van der Waals surface area contributed by atoms with E-state index >= 15 is 0 Å². The molecule has 3 amide bonds. The van der Waals surface area contributed by atoms with Crippen LogP contribution in [0.4, 0.5) is 9.59 Å². The Morgan fingerprint density at radius 2 is 1.53 bits per heavy atom. The lowest BCUT2D eigenvalue weighted by Gasteiger charge is -2.24. The van der Waals surface area contributed by atoms with Gasteiger partial charge in [-0.1, -0.05) is 60.7 Å². The minimum absolute atomic E-state index is 0.0386. The molecule has 0 saturated heterocycles. The lowest BCUT2D eigenvalue weighted by Crippen LogP contribution is -2.44. The molecule has 0 radical (unpaired) electrons. The highest BCUT2D eigenvalue weighted by Gasteiger charge is 2.28. The molecule has 2 rings (SSSR count). The number of nitrogens with one attached hydrogen (secondary N) is 2. The largest absolute Gasteiger partial charge is 0.445 e. The number of benzene rings is 2. The van der Waals surface area contributed by atoms with Gasteiger partial charge in [0.15, 0.2) is 5.78 Å². The van der Waals surface area contributed by atoms with Crippen LogP contribution in [0, 0.1) is 5.89 Å². The Morgan fingerprint density at radius 3 is 2.11 bits per heavy atom. The van der Waals surface area contributed by atoms with Crippen molar-refractivity contribution in [2.45, 2.75) is 71.1 Å². The molecule has 206 valence electrons. The fraction of sp³-hybridized carbons (Fsp3) is 0.448. The van der Waals surface area contributed by atoms with Gasteiger partial charge < -0.3 is 25.8 Å². The summed E-state index contributed by atoms with van der Waals surface area (Å²) in [5, 5.41) is 5.24. The van der Waals surface area contributed by atoms with Gasteiger partial charge in [0.1, 0.15) is 12.2 Å². The number of rotatable bonds is 14. The van der Waals surface area contributed by atoms with Crippen molar-refractivity contribution >= 4 is 23.9 Å². The zero-order chi connectivity index (χ0) is 28.9. The van der Waals surface area contributed by atoms with E-state index in [0.29, 0.717) is 24.9 Å². The minimum atomic E-state index is -1.88. The van der Waals surface area contributed by atoms with Gasteiger partial charge in [0, 0.05) is 20.2 Å². The van der Waals surface area contributed by atoms with Gasteiger partial charge in [0.2, 0.25) is 5.91 Å². The van der Waals surface area contributed by atoms with E-state index in [1.54, 1.807) is 45.0 Å². The number of hydrogen-bond acceptors (Lipinski definition) is 6. The number of Topliss-reactive ketones (excluding diaryl/α,β-unsaturated/α-hetero) is 1. The number of carbonyl (C=O) groups excluding carboxylic acids is 4. The average molecular weight is 527 g/mol. The Balaban J connectivity index is 1.94. The predicted octanol–water partition coefficient (Wildman–Crippen LogP) is 4.28. The van der Waals surface area contributed by atoms with Crippen molar-refractivity contribution in [3.05, 3.63) is 71.8 Å². The molecule has 0 unspecified atom stereocenters. The molecule has 0 saturated carbocycles. The average Bonchev–Trinajstić information content (AvgIpc) is 2.86. The molecule has 38 heavy (non-hydrogen) atoms. The van der Waals surface area contributed by atoms with Crippen molar-refractivity contribution in [3.8, 4) is 0 Å². The van der Waals surface area contributed by atoms with Crippen molar-refractivity contribution in [1.82, 2.24) is 10.6 Å². The van der Waals surface area contributed by atoms with Crippen molar-refractivity contribution in [3.63, 3.8) is 0 Å². The van der Waals surface area contributed by atoms with E-state index in [0.717, 1.165) is 5.56 Å². The summed E-state index contributed by atoms with van der Waals surface area (Å²) >= 11 is 0. The first-order chi connectivity index (χ1) is 18.4. The van der Waals surface area contributed by atoms with Gasteiger partial charge in [-0.3, -0.25) is 9.59 Å². The van der Waals surface area contributed by atoms with Crippen LogP contribution in [0.25, 0.3) is 0 Å². The summed E-state index contributed by atoms with van der Waals surface area (Å²) in [6.45, 7) is 5.56. The van der Waals surface area contributed by atoms with E-state index in [9.17, 15) is 19.2 Å². The summed E-state index contributed by atoms with van der Waals surface area (Å²) in [6, 6.07) is 17.2. The van der Waals surface area contributed by atoms with Crippen molar-refractivity contribution in [2.75, 3.05) is 6.54 Å². The van der Waals surface area contributed by atoms with E-state index in [-0.39, 0.29) is 19.4 Å². The van der Waals surface area contributed by atoms with Gasteiger partial charge in [0.25, 0.3) is 0 Å². The molecular weight excluding hydrogens is 486 g/mol. The molecule has 0 aromatic heterocycles. The minimum Gasteiger partial charge on any atom is -0.445 e. The SMILES string of the molecule is [2H][C@](CC(=O)[C@H](CCCCNC(=O)OCc1ccccc1)NC(=O)OC(C)(C)C)(Cc1ccccc1)C(N)=O. The van der Waals surface area contributed by atoms with Crippen molar-refractivity contribution in [2.24, 2.45) is 11.6 Å². The van der Waals surface area contributed by atoms with Gasteiger partial charge in [0.05, 0.1) is 6.04 Å². The van der Waals surface area contributed by atoms with Gasteiger partial charge in [-0.15, -0.1) is 0 Å².